The molecule has 3 nitrogen and oxygen atoms in total. The molecule has 2 aliphatic rings. The average molecular weight is 361 g/mol. The van der Waals surface area contributed by atoms with Gasteiger partial charge < -0.3 is 10.0 Å². The summed E-state index contributed by atoms with van der Waals surface area (Å²) in [7, 11) is 0. The molecule has 26 heavy (non-hydrogen) atoms. The zero-order chi connectivity index (χ0) is 18.4. The molecule has 0 aliphatic carbocycles. The molecule has 4 rings (SSSR count). The number of benzene rings is 2. The van der Waals surface area contributed by atoms with Crippen LogP contribution in [0, 0.1) is 17.5 Å². The summed E-state index contributed by atoms with van der Waals surface area (Å²) in [4.78, 5) is 14.6. The van der Waals surface area contributed by atoms with Crippen LogP contribution in [0.15, 0.2) is 36.4 Å². The Hall–Kier alpha value is -2.50. The molecule has 1 amide bonds. The van der Waals surface area contributed by atoms with Gasteiger partial charge in [-0.05, 0) is 61.4 Å². The normalized spacial score (nSPS) is 24.7. The second-order valence-electron chi connectivity index (χ2n) is 7.11. The summed E-state index contributed by atoms with van der Waals surface area (Å²) in [6.45, 7) is 0. The molecule has 2 saturated heterocycles. The van der Waals surface area contributed by atoms with Crippen LogP contribution in [0.1, 0.15) is 47.5 Å². The molecule has 2 heterocycles. The molecule has 2 bridgehead atoms. The van der Waals surface area contributed by atoms with Crippen molar-refractivity contribution in [1.82, 2.24) is 4.90 Å². The van der Waals surface area contributed by atoms with E-state index >= 15 is 0 Å². The summed E-state index contributed by atoms with van der Waals surface area (Å²) in [5.74, 6) is -3.79. The van der Waals surface area contributed by atoms with E-state index in [1.54, 1.807) is 17.0 Å². The number of aromatic hydroxyl groups is 1. The van der Waals surface area contributed by atoms with Gasteiger partial charge in [-0.2, -0.15) is 0 Å². The molecule has 2 aromatic rings. The largest absolute Gasteiger partial charge is 0.503 e. The first-order valence-electron chi connectivity index (χ1n) is 8.70. The van der Waals surface area contributed by atoms with Crippen LogP contribution in [0.25, 0.3) is 0 Å². The fourth-order valence-corrected chi connectivity index (χ4v) is 4.35. The third-order valence-corrected chi connectivity index (χ3v) is 5.57. The van der Waals surface area contributed by atoms with E-state index in [4.69, 9.17) is 0 Å². The van der Waals surface area contributed by atoms with Crippen molar-refractivity contribution >= 4 is 5.91 Å². The smallest absolute Gasteiger partial charge is 0.254 e. The quantitative estimate of drug-likeness (QED) is 0.863. The van der Waals surface area contributed by atoms with Crippen LogP contribution in [0.2, 0.25) is 0 Å². The molecule has 2 aromatic carbocycles. The predicted molar refractivity (Wildman–Crippen MR) is 89.4 cm³/mol. The maximum Gasteiger partial charge on any atom is 0.254 e. The fourth-order valence-electron chi connectivity index (χ4n) is 4.35. The fraction of sp³-hybridized carbons (Fsp3) is 0.350. The molecular formula is C20H18F3NO2. The Morgan fingerprint density at radius 1 is 0.962 bits per heavy atom. The number of rotatable bonds is 2. The minimum absolute atomic E-state index is 0.00349. The van der Waals surface area contributed by atoms with Crippen molar-refractivity contribution in [2.75, 3.05) is 0 Å². The lowest BCUT2D eigenvalue weighted by molar-refractivity contribution is 0.0570. The van der Waals surface area contributed by atoms with Gasteiger partial charge in [0.1, 0.15) is 5.82 Å². The summed E-state index contributed by atoms with van der Waals surface area (Å²) in [5, 5.41) is 9.22. The van der Waals surface area contributed by atoms with Gasteiger partial charge in [-0.15, -0.1) is 0 Å². The van der Waals surface area contributed by atoms with Gasteiger partial charge in [-0.3, -0.25) is 4.79 Å². The summed E-state index contributed by atoms with van der Waals surface area (Å²) < 4.78 is 40.3. The number of hydrogen-bond acceptors (Lipinski definition) is 2. The molecule has 6 heteroatoms. The number of carbonyl (C=O) groups is 1. The van der Waals surface area contributed by atoms with Crippen molar-refractivity contribution in [2.24, 2.45) is 0 Å². The van der Waals surface area contributed by atoms with E-state index in [-0.39, 0.29) is 29.4 Å². The molecule has 0 aromatic heterocycles. The number of carbonyl (C=O) groups excluding carboxylic acids is 1. The molecule has 1 N–H and O–H groups in total. The van der Waals surface area contributed by atoms with Crippen LogP contribution in [-0.4, -0.2) is 28.0 Å². The van der Waals surface area contributed by atoms with E-state index in [0.29, 0.717) is 0 Å². The highest BCUT2D eigenvalue weighted by Crippen LogP contribution is 2.43. The number of phenolic OH excluding ortho intramolecular Hbond substituents is 1. The third kappa shape index (κ3) is 2.83. The van der Waals surface area contributed by atoms with Crippen molar-refractivity contribution in [1.29, 1.82) is 0 Å². The number of hydrogen-bond donors (Lipinski definition) is 1. The molecule has 0 unspecified atom stereocenters. The lowest BCUT2D eigenvalue weighted by Crippen LogP contribution is -2.46. The average Bonchev–Trinajstić information content (AvgIpc) is 2.88. The predicted octanol–water partition coefficient (Wildman–Crippen LogP) is 4.36. The van der Waals surface area contributed by atoms with Crippen molar-refractivity contribution < 1.29 is 23.1 Å². The zero-order valence-electron chi connectivity index (χ0n) is 14.0. The molecule has 0 saturated carbocycles. The van der Waals surface area contributed by atoms with E-state index in [2.05, 4.69) is 0 Å². The maximum absolute atomic E-state index is 13.6. The first kappa shape index (κ1) is 16.9. The van der Waals surface area contributed by atoms with E-state index in [1.165, 1.54) is 12.1 Å². The van der Waals surface area contributed by atoms with Crippen LogP contribution >= 0.6 is 0 Å². The van der Waals surface area contributed by atoms with Crippen LogP contribution in [0.3, 0.4) is 0 Å². The molecular weight excluding hydrogens is 343 g/mol. The Kier molecular flexibility index (Phi) is 4.13. The van der Waals surface area contributed by atoms with Crippen LogP contribution in [0.4, 0.5) is 13.2 Å². The van der Waals surface area contributed by atoms with Gasteiger partial charge >= 0.3 is 0 Å². The highest BCUT2D eigenvalue weighted by atomic mass is 19.1. The van der Waals surface area contributed by atoms with Gasteiger partial charge in [-0.25, -0.2) is 13.2 Å². The van der Waals surface area contributed by atoms with Gasteiger partial charge in [0.15, 0.2) is 17.4 Å². The Bertz CT molecular complexity index is 816. The van der Waals surface area contributed by atoms with E-state index in [9.17, 15) is 23.1 Å². The van der Waals surface area contributed by atoms with Crippen molar-refractivity contribution in [3.8, 4) is 5.75 Å². The topological polar surface area (TPSA) is 40.5 Å². The second-order valence-corrected chi connectivity index (χ2v) is 7.11. The molecule has 136 valence electrons. The minimum Gasteiger partial charge on any atom is -0.503 e. The number of nitrogens with zero attached hydrogens (tertiary/aromatic N) is 1. The van der Waals surface area contributed by atoms with Gasteiger partial charge in [0.25, 0.3) is 5.91 Å². The second kappa shape index (κ2) is 6.34. The third-order valence-electron chi connectivity index (χ3n) is 5.57. The van der Waals surface area contributed by atoms with Crippen molar-refractivity contribution in [3.63, 3.8) is 0 Å². The van der Waals surface area contributed by atoms with E-state index in [0.717, 1.165) is 43.4 Å². The zero-order valence-corrected chi connectivity index (χ0v) is 14.0. The van der Waals surface area contributed by atoms with Gasteiger partial charge in [0.2, 0.25) is 0 Å². The number of amides is 1. The van der Waals surface area contributed by atoms with Crippen LogP contribution in [-0.2, 0) is 0 Å². The number of fused-ring (bicyclic) bond motifs is 2. The number of halogens is 3. The number of phenols is 1. The lowest BCUT2D eigenvalue weighted by atomic mass is 9.85. The molecule has 3 atom stereocenters. The van der Waals surface area contributed by atoms with E-state index < -0.39 is 23.3 Å². The standard InChI is InChI=1S/C20H18F3NO2/c21-14-3-1-11(2-4-14)12-7-15-5-6-16(8-12)24(15)20(26)13-9-17(22)19(25)18(23)10-13/h1-4,9-10,12,15-16,25H,5-8H2/t12-,15+,16-. The highest BCUT2D eigenvalue weighted by molar-refractivity contribution is 5.95. The summed E-state index contributed by atoms with van der Waals surface area (Å²) >= 11 is 0. The summed E-state index contributed by atoms with van der Waals surface area (Å²) in [6.07, 6.45) is 3.18. The first-order chi connectivity index (χ1) is 12.4. The lowest BCUT2D eigenvalue weighted by Gasteiger charge is -2.39. The Morgan fingerprint density at radius 3 is 2.04 bits per heavy atom. The SMILES string of the molecule is O=C(c1cc(F)c(O)c(F)c1)N1[C@@H]2CC[C@H]1C[C@@H](c1ccc(F)cc1)C2. The molecule has 2 aliphatic heterocycles. The van der Waals surface area contributed by atoms with Gasteiger partial charge in [0, 0.05) is 17.6 Å². The Labute approximate surface area is 149 Å². The first-order valence-corrected chi connectivity index (χ1v) is 8.70. The molecule has 0 radical (unpaired) electrons. The van der Waals surface area contributed by atoms with Gasteiger partial charge in [0.05, 0.1) is 0 Å². The van der Waals surface area contributed by atoms with Crippen molar-refractivity contribution in [3.05, 3.63) is 65.0 Å². The Balaban J connectivity index is 1.56. The van der Waals surface area contributed by atoms with Gasteiger partial charge in [-0.1, -0.05) is 12.1 Å². The Morgan fingerprint density at radius 2 is 1.50 bits per heavy atom. The van der Waals surface area contributed by atoms with Crippen molar-refractivity contribution in [2.45, 2.75) is 43.7 Å². The highest BCUT2D eigenvalue weighted by Gasteiger charge is 2.43. The maximum atomic E-state index is 13.6. The van der Waals surface area contributed by atoms with Crippen LogP contribution in [0.5, 0.6) is 5.75 Å². The summed E-state index contributed by atoms with van der Waals surface area (Å²) in [6, 6.07) is 8.20. The summed E-state index contributed by atoms with van der Waals surface area (Å²) in [5.41, 5.74) is 0.965. The molecule has 2 fully saturated rings. The van der Waals surface area contributed by atoms with E-state index in [1.807, 2.05) is 0 Å². The monoisotopic (exact) mass is 361 g/mol. The minimum atomic E-state index is -1.14. The number of piperidine rings is 1. The molecule has 0 spiro atoms. The van der Waals surface area contributed by atoms with Crippen LogP contribution < -0.4 is 0 Å².